The lowest BCUT2D eigenvalue weighted by Crippen LogP contribution is -2.45. The predicted molar refractivity (Wildman–Crippen MR) is 92.1 cm³/mol. The summed E-state index contributed by atoms with van der Waals surface area (Å²) in [5, 5.41) is 9.01. The standard InChI is InChI=1S/C17H21N3O2S/c1-2-22-14-7-5-12(6-8-14)17-20-15(11-23-17)16(21)19-13-4-3-9-18-10-13/h5-8,11,13,18H,2-4,9-10H2,1H3,(H,19,21). The minimum Gasteiger partial charge on any atom is -0.494 e. The fourth-order valence-electron chi connectivity index (χ4n) is 2.61. The van der Waals surface area contributed by atoms with Crippen LogP contribution in [0.2, 0.25) is 0 Å². The molecule has 1 fully saturated rings. The molecule has 1 saturated heterocycles. The van der Waals surface area contributed by atoms with Crippen LogP contribution < -0.4 is 15.4 Å². The van der Waals surface area contributed by atoms with Gasteiger partial charge in [-0.1, -0.05) is 0 Å². The zero-order chi connectivity index (χ0) is 16.1. The van der Waals surface area contributed by atoms with Crippen molar-refractivity contribution < 1.29 is 9.53 Å². The van der Waals surface area contributed by atoms with Crippen LogP contribution in [-0.2, 0) is 0 Å². The molecule has 1 amide bonds. The largest absolute Gasteiger partial charge is 0.494 e. The highest BCUT2D eigenvalue weighted by Gasteiger charge is 2.18. The first-order valence-corrected chi connectivity index (χ1v) is 8.84. The number of benzene rings is 1. The van der Waals surface area contributed by atoms with Crippen LogP contribution in [0, 0.1) is 0 Å². The molecule has 1 aliphatic heterocycles. The summed E-state index contributed by atoms with van der Waals surface area (Å²) in [7, 11) is 0. The van der Waals surface area contributed by atoms with E-state index in [0.29, 0.717) is 12.3 Å². The lowest BCUT2D eigenvalue weighted by Gasteiger charge is -2.23. The van der Waals surface area contributed by atoms with E-state index in [1.807, 2.05) is 36.6 Å². The van der Waals surface area contributed by atoms with E-state index in [9.17, 15) is 4.79 Å². The number of nitrogens with one attached hydrogen (secondary N) is 2. The Hall–Kier alpha value is -1.92. The molecule has 1 unspecified atom stereocenters. The van der Waals surface area contributed by atoms with Gasteiger partial charge in [0.05, 0.1) is 6.61 Å². The second-order valence-corrected chi connectivity index (χ2v) is 6.37. The molecule has 0 spiro atoms. The van der Waals surface area contributed by atoms with E-state index >= 15 is 0 Å². The first kappa shape index (κ1) is 16.0. The normalized spacial score (nSPS) is 17.7. The monoisotopic (exact) mass is 331 g/mol. The van der Waals surface area contributed by atoms with Crippen LogP contribution in [0.1, 0.15) is 30.3 Å². The quantitative estimate of drug-likeness (QED) is 0.884. The Bertz CT molecular complexity index is 648. The highest BCUT2D eigenvalue weighted by atomic mass is 32.1. The van der Waals surface area contributed by atoms with Gasteiger partial charge in [0.15, 0.2) is 0 Å². The maximum Gasteiger partial charge on any atom is 0.271 e. The van der Waals surface area contributed by atoms with E-state index in [2.05, 4.69) is 15.6 Å². The number of rotatable bonds is 5. The average molecular weight is 331 g/mol. The molecular weight excluding hydrogens is 310 g/mol. The number of thiazole rings is 1. The van der Waals surface area contributed by atoms with Gasteiger partial charge in [0.25, 0.3) is 5.91 Å². The van der Waals surface area contributed by atoms with Gasteiger partial charge in [0, 0.05) is 23.5 Å². The molecule has 0 aliphatic carbocycles. The van der Waals surface area contributed by atoms with Crippen molar-refractivity contribution in [2.45, 2.75) is 25.8 Å². The van der Waals surface area contributed by atoms with E-state index in [1.165, 1.54) is 11.3 Å². The second-order valence-electron chi connectivity index (χ2n) is 5.51. The third-order valence-electron chi connectivity index (χ3n) is 3.78. The van der Waals surface area contributed by atoms with E-state index in [-0.39, 0.29) is 11.9 Å². The molecule has 0 radical (unpaired) electrons. The highest BCUT2D eigenvalue weighted by molar-refractivity contribution is 7.13. The fraction of sp³-hybridized carbons (Fsp3) is 0.412. The Balaban J connectivity index is 1.65. The molecule has 2 aromatic rings. The molecule has 0 saturated carbocycles. The summed E-state index contributed by atoms with van der Waals surface area (Å²) in [5.41, 5.74) is 1.49. The van der Waals surface area contributed by atoms with Gasteiger partial charge in [-0.3, -0.25) is 4.79 Å². The number of ether oxygens (including phenoxy) is 1. The van der Waals surface area contributed by atoms with Crippen LogP contribution in [0.4, 0.5) is 0 Å². The van der Waals surface area contributed by atoms with Gasteiger partial charge in [-0.15, -0.1) is 11.3 Å². The molecule has 122 valence electrons. The maximum absolute atomic E-state index is 12.3. The highest BCUT2D eigenvalue weighted by Crippen LogP contribution is 2.25. The van der Waals surface area contributed by atoms with Crippen molar-refractivity contribution in [3.05, 3.63) is 35.3 Å². The summed E-state index contributed by atoms with van der Waals surface area (Å²) < 4.78 is 5.44. The minimum atomic E-state index is -0.0906. The average Bonchev–Trinajstić information content (AvgIpc) is 3.07. The number of carbonyl (C=O) groups excluding carboxylic acids is 1. The first-order chi connectivity index (χ1) is 11.3. The number of carbonyl (C=O) groups is 1. The lowest BCUT2D eigenvalue weighted by atomic mass is 10.1. The Labute approximate surface area is 140 Å². The van der Waals surface area contributed by atoms with Crippen molar-refractivity contribution in [3.63, 3.8) is 0 Å². The number of hydrogen-bond donors (Lipinski definition) is 2. The number of aromatic nitrogens is 1. The fourth-order valence-corrected chi connectivity index (χ4v) is 3.41. The third-order valence-corrected chi connectivity index (χ3v) is 4.67. The second kappa shape index (κ2) is 7.57. The van der Waals surface area contributed by atoms with Gasteiger partial charge in [-0.05, 0) is 50.6 Å². The first-order valence-electron chi connectivity index (χ1n) is 7.96. The molecule has 2 N–H and O–H groups in total. The Morgan fingerprint density at radius 2 is 2.26 bits per heavy atom. The van der Waals surface area contributed by atoms with Crippen molar-refractivity contribution in [2.24, 2.45) is 0 Å². The summed E-state index contributed by atoms with van der Waals surface area (Å²) in [6.45, 7) is 4.48. The van der Waals surface area contributed by atoms with Crippen LogP contribution in [0.25, 0.3) is 10.6 Å². The van der Waals surface area contributed by atoms with Crippen LogP contribution in [0.15, 0.2) is 29.6 Å². The molecule has 6 heteroatoms. The SMILES string of the molecule is CCOc1ccc(-c2nc(C(=O)NC3CCCNC3)cs2)cc1. The summed E-state index contributed by atoms with van der Waals surface area (Å²) in [6.07, 6.45) is 2.12. The van der Waals surface area contributed by atoms with Crippen LogP contribution in [0.5, 0.6) is 5.75 Å². The molecule has 1 aromatic heterocycles. The van der Waals surface area contributed by atoms with Crippen molar-refractivity contribution in [1.29, 1.82) is 0 Å². The predicted octanol–water partition coefficient (Wildman–Crippen LogP) is 2.69. The molecule has 0 bridgehead atoms. The third kappa shape index (κ3) is 4.09. The van der Waals surface area contributed by atoms with Gasteiger partial charge in [-0.2, -0.15) is 0 Å². The van der Waals surface area contributed by atoms with Gasteiger partial charge < -0.3 is 15.4 Å². The Morgan fingerprint density at radius 1 is 1.43 bits per heavy atom. The van der Waals surface area contributed by atoms with Gasteiger partial charge in [0.1, 0.15) is 16.5 Å². The zero-order valence-corrected chi connectivity index (χ0v) is 14.0. The molecule has 5 nitrogen and oxygen atoms in total. The van der Waals surface area contributed by atoms with E-state index in [1.54, 1.807) is 0 Å². The molecule has 1 aliphatic rings. The summed E-state index contributed by atoms with van der Waals surface area (Å²) in [6, 6.07) is 7.99. The molecule has 2 heterocycles. The van der Waals surface area contributed by atoms with E-state index in [0.717, 1.165) is 42.3 Å². The Kier molecular flexibility index (Phi) is 5.25. The lowest BCUT2D eigenvalue weighted by molar-refractivity contribution is 0.0926. The van der Waals surface area contributed by atoms with Crippen LogP contribution in [0.3, 0.4) is 0 Å². The smallest absolute Gasteiger partial charge is 0.271 e. The molecular formula is C17H21N3O2S. The summed E-state index contributed by atoms with van der Waals surface area (Å²) >= 11 is 1.48. The zero-order valence-electron chi connectivity index (χ0n) is 13.2. The summed E-state index contributed by atoms with van der Waals surface area (Å²) in [4.78, 5) is 16.7. The van der Waals surface area contributed by atoms with E-state index in [4.69, 9.17) is 4.74 Å². The van der Waals surface area contributed by atoms with Crippen molar-refractivity contribution in [2.75, 3.05) is 19.7 Å². The van der Waals surface area contributed by atoms with Gasteiger partial charge in [0.2, 0.25) is 0 Å². The molecule has 1 atom stereocenters. The number of hydrogen-bond acceptors (Lipinski definition) is 5. The van der Waals surface area contributed by atoms with Crippen LogP contribution >= 0.6 is 11.3 Å². The minimum absolute atomic E-state index is 0.0906. The number of nitrogens with zero attached hydrogens (tertiary/aromatic N) is 1. The van der Waals surface area contributed by atoms with Crippen molar-refractivity contribution >= 4 is 17.2 Å². The number of amides is 1. The molecule has 23 heavy (non-hydrogen) atoms. The molecule has 1 aromatic carbocycles. The number of piperidine rings is 1. The molecule has 3 rings (SSSR count). The van der Waals surface area contributed by atoms with Crippen molar-refractivity contribution in [1.82, 2.24) is 15.6 Å². The van der Waals surface area contributed by atoms with Gasteiger partial charge in [-0.25, -0.2) is 4.98 Å². The van der Waals surface area contributed by atoms with E-state index < -0.39 is 0 Å². The summed E-state index contributed by atoms with van der Waals surface area (Å²) in [5.74, 6) is 0.753. The topological polar surface area (TPSA) is 63.2 Å². The Morgan fingerprint density at radius 3 is 2.96 bits per heavy atom. The van der Waals surface area contributed by atoms with Gasteiger partial charge >= 0.3 is 0 Å². The van der Waals surface area contributed by atoms with Crippen molar-refractivity contribution in [3.8, 4) is 16.3 Å². The van der Waals surface area contributed by atoms with Crippen LogP contribution in [-0.4, -0.2) is 36.6 Å². The maximum atomic E-state index is 12.3.